The van der Waals surface area contributed by atoms with Crippen LogP contribution < -0.4 is 21.7 Å². The molecule has 0 aliphatic rings. The topological polar surface area (TPSA) is 208 Å². The summed E-state index contributed by atoms with van der Waals surface area (Å²) in [5.41, 5.74) is 6.00. The monoisotopic (exact) mass is 438 g/mol. The highest BCUT2D eigenvalue weighted by molar-refractivity contribution is 5.95. The lowest BCUT2D eigenvalue weighted by Crippen LogP contribution is -2.58. The molecule has 4 atom stereocenters. The van der Waals surface area contributed by atoms with Crippen LogP contribution in [0.25, 0.3) is 0 Å². The number of hydrogen-bond donors (Lipinski definition) is 7. The Labute approximate surface area is 177 Å². The molecule has 31 heavy (non-hydrogen) atoms. The Kier molecular flexibility index (Phi) is 10.1. The first-order valence-corrected chi connectivity index (χ1v) is 9.31. The largest absolute Gasteiger partial charge is 0.481 e. The number of carbonyl (C=O) groups is 5. The number of amides is 3. The summed E-state index contributed by atoms with van der Waals surface area (Å²) >= 11 is 0. The fourth-order valence-corrected chi connectivity index (χ4v) is 2.48. The number of nitrogens with one attached hydrogen (secondary N) is 3. The van der Waals surface area contributed by atoms with E-state index in [1.807, 2.05) is 0 Å². The molecule has 0 radical (unpaired) electrons. The molecule has 0 aliphatic carbocycles. The van der Waals surface area contributed by atoms with Gasteiger partial charge in [0.1, 0.15) is 18.1 Å². The van der Waals surface area contributed by atoms with Crippen LogP contribution in [0.4, 0.5) is 0 Å². The lowest BCUT2D eigenvalue weighted by atomic mass is 10.0. The predicted molar refractivity (Wildman–Crippen MR) is 107 cm³/mol. The summed E-state index contributed by atoms with van der Waals surface area (Å²) in [5, 5.41) is 34.3. The summed E-state index contributed by atoms with van der Waals surface area (Å²) in [6, 6.07) is 2.94. The summed E-state index contributed by atoms with van der Waals surface area (Å²) < 4.78 is 0. The third kappa shape index (κ3) is 8.80. The van der Waals surface area contributed by atoms with Gasteiger partial charge < -0.3 is 37.0 Å². The molecule has 0 saturated carbocycles. The first kappa shape index (κ1) is 25.5. The van der Waals surface area contributed by atoms with Gasteiger partial charge in [0.2, 0.25) is 17.7 Å². The smallest absolute Gasteiger partial charge is 0.326 e. The van der Waals surface area contributed by atoms with E-state index in [1.165, 1.54) is 6.92 Å². The molecule has 0 aromatic heterocycles. The second-order valence-electron chi connectivity index (χ2n) is 6.78. The molecule has 3 amide bonds. The van der Waals surface area contributed by atoms with Crippen molar-refractivity contribution in [2.45, 2.75) is 43.9 Å². The molecule has 0 aliphatic heterocycles. The lowest BCUT2D eigenvalue weighted by molar-refractivity contribution is -0.143. The van der Waals surface area contributed by atoms with E-state index in [0.717, 1.165) is 0 Å². The van der Waals surface area contributed by atoms with E-state index in [0.29, 0.717) is 5.56 Å². The summed E-state index contributed by atoms with van der Waals surface area (Å²) in [7, 11) is 0. The van der Waals surface area contributed by atoms with Crippen LogP contribution in [0.1, 0.15) is 18.9 Å². The third-order valence-electron chi connectivity index (χ3n) is 4.14. The van der Waals surface area contributed by atoms with E-state index in [1.54, 1.807) is 30.3 Å². The molecule has 0 spiro atoms. The maximum atomic E-state index is 12.5. The van der Waals surface area contributed by atoms with Gasteiger partial charge in [-0.2, -0.15) is 0 Å². The average Bonchev–Trinajstić information content (AvgIpc) is 2.70. The number of carboxylic acids is 2. The van der Waals surface area contributed by atoms with Crippen molar-refractivity contribution in [1.29, 1.82) is 0 Å². The van der Waals surface area contributed by atoms with Crippen LogP contribution in [-0.4, -0.2) is 75.8 Å². The Morgan fingerprint density at radius 2 is 1.39 bits per heavy atom. The minimum atomic E-state index is -1.65. The summed E-state index contributed by atoms with van der Waals surface area (Å²) in [6.07, 6.45) is -0.923. The second-order valence-corrected chi connectivity index (χ2v) is 6.78. The van der Waals surface area contributed by atoms with Crippen LogP contribution in [0, 0.1) is 0 Å². The number of carboxylic acid groups (broad SMARTS) is 2. The fourth-order valence-electron chi connectivity index (χ4n) is 2.48. The van der Waals surface area contributed by atoms with Crippen molar-refractivity contribution in [1.82, 2.24) is 16.0 Å². The van der Waals surface area contributed by atoms with Gasteiger partial charge in [-0.15, -0.1) is 0 Å². The maximum absolute atomic E-state index is 12.5. The molecule has 0 heterocycles. The second kappa shape index (κ2) is 12.2. The van der Waals surface area contributed by atoms with Gasteiger partial charge >= 0.3 is 11.9 Å². The zero-order chi connectivity index (χ0) is 23.6. The minimum Gasteiger partial charge on any atom is -0.481 e. The highest BCUT2D eigenvalue weighted by Gasteiger charge is 2.31. The highest BCUT2D eigenvalue weighted by Crippen LogP contribution is 2.05. The molecule has 8 N–H and O–H groups in total. The molecule has 170 valence electrons. The van der Waals surface area contributed by atoms with Gasteiger partial charge in [0.05, 0.1) is 19.1 Å². The third-order valence-corrected chi connectivity index (χ3v) is 4.14. The summed E-state index contributed by atoms with van der Waals surface area (Å²) in [4.78, 5) is 59.2. The first-order chi connectivity index (χ1) is 14.5. The average molecular weight is 438 g/mol. The van der Waals surface area contributed by atoms with E-state index in [-0.39, 0.29) is 6.42 Å². The Morgan fingerprint density at radius 3 is 1.87 bits per heavy atom. The highest BCUT2D eigenvalue weighted by atomic mass is 16.4. The molecule has 1 aromatic rings. The molecule has 0 bridgehead atoms. The Bertz CT molecular complexity index is 799. The Morgan fingerprint density at radius 1 is 0.871 bits per heavy atom. The number of nitrogens with two attached hydrogens (primary N) is 1. The normalized spacial score (nSPS) is 14.4. The fraction of sp³-hybridized carbons (Fsp3) is 0.421. The summed E-state index contributed by atoms with van der Waals surface area (Å²) in [5.74, 6) is -5.62. The molecule has 1 rings (SSSR count). The van der Waals surface area contributed by atoms with E-state index in [2.05, 4.69) is 16.0 Å². The van der Waals surface area contributed by atoms with Crippen LogP contribution in [0.3, 0.4) is 0 Å². The van der Waals surface area contributed by atoms with Gasteiger partial charge in [0.15, 0.2) is 0 Å². The molecule has 0 saturated heterocycles. The van der Waals surface area contributed by atoms with Crippen molar-refractivity contribution in [3.63, 3.8) is 0 Å². The molecule has 0 fully saturated rings. The Balaban J connectivity index is 2.91. The number of carbonyl (C=O) groups excluding carboxylic acids is 3. The van der Waals surface area contributed by atoms with E-state index in [9.17, 15) is 34.2 Å². The van der Waals surface area contributed by atoms with Gasteiger partial charge in [0.25, 0.3) is 0 Å². The maximum Gasteiger partial charge on any atom is 0.326 e. The first-order valence-electron chi connectivity index (χ1n) is 9.31. The van der Waals surface area contributed by atoms with Crippen LogP contribution >= 0.6 is 0 Å². The van der Waals surface area contributed by atoms with Crippen LogP contribution in [0.2, 0.25) is 0 Å². The number of benzene rings is 1. The number of aliphatic carboxylic acids is 2. The molecule has 12 nitrogen and oxygen atoms in total. The van der Waals surface area contributed by atoms with Gasteiger partial charge in [-0.3, -0.25) is 19.2 Å². The van der Waals surface area contributed by atoms with Crippen molar-refractivity contribution >= 4 is 29.7 Å². The van der Waals surface area contributed by atoms with Crippen LogP contribution in [0.5, 0.6) is 0 Å². The standard InChI is InChI=1S/C19H26N4O8/c1-10(20)16(27)23-14(9-24)18(29)21-12(8-15(25)26)17(28)22-13(19(30)31)7-11-5-3-2-4-6-11/h2-6,10,12-14,24H,7-9,20H2,1H3,(H,21,29)(H,22,28)(H,23,27)(H,25,26)(H,30,31). The molecule has 1 aromatic carbocycles. The van der Waals surface area contributed by atoms with E-state index in [4.69, 9.17) is 10.8 Å². The van der Waals surface area contributed by atoms with Crippen LogP contribution in [-0.2, 0) is 30.4 Å². The van der Waals surface area contributed by atoms with Gasteiger partial charge in [0, 0.05) is 6.42 Å². The van der Waals surface area contributed by atoms with Crippen LogP contribution in [0.15, 0.2) is 30.3 Å². The van der Waals surface area contributed by atoms with Crippen molar-refractivity contribution in [2.75, 3.05) is 6.61 Å². The molecule has 4 unspecified atom stereocenters. The number of rotatable bonds is 12. The Hall–Kier alpha value is -3.51. The van der Waals surface area contributed by atoms with Crippen molar-refractivity contribution in [3.05, 3.63) is 35.9 Å². The van der Waals surface area contributed by atoms with Crippen molar-refractivity contribution < 1.29 is 39.3 Å². The number of hydrogen-bond acceptors (Lipinski definition) is 7. The zero-order valence-electron chi connectivity index (χ0n) is 16.8. The lowest BCUT2D eigenvalue weighted by Gasteiger charge is -2.23. The molecule has 12 heteroatoms. The summed E-state index contributed by atoms with van der Waals surface area (Å²) in [6.45, 7) is 0.512. The van der Waals surface area contributed by atoms with Crippen molar-refractivity contribution in [2.24, 2.45) is 5.73 Å². The number of aliphatic hydroxyl groups is 1. The molecular weight excluding hydrogens is 412 g/mol. The SMILES string of the molecule is CC(N)C(=O)NC(CO)C(=O)NC(CC(=O)O)C(=O)NC(Cc1ccccc1)C(=O)O. The van der Waals surface area contributed by atoms with E-state index < -0.39 is 66.9 Å². The van der Waals surface area contributed by atoms with Gasteiger partial charge in [-0.05, 0) is 12.5 Å². The number of aliphatic hydroxyl groups excluding tert-OH is 1. The quantitative estimate of drug-likeness (QED) is 0.185. The zero-order valence-corrected chi connectivity index (χ0v) is 16.8. The van der Waals surface area contributed by atoms with Gasteiger partial charge in [-0.1, -0.05) is 30.3 Å². The molecular formula is C19H26N4O8. The predicted octanol–water partition coefficient (Wildman–Crippen LogP) is -2.42. The van der Waals surface area contributed by atoms with Crippen molar-refractivity contribution in [3.8, 4) is 0 Å². The minimum absolute atomic E-state index is 0.0701. The van der Waals surface area contributed by atoms with E-state index >= 15 is 0 Å². The van der Waals surface area contributed by atoms with Gasteiger partial charge in [-0.25, -0.2) is 4.79 Å².